The van der Waals surface area contributed by atoms with Crippen LogP contribution in [0.15, 0.2) is 93.9 Å². The summed E-state index contributed by atoms with van der Waals surface area (Å²) in [5.74, 6) is 0. The highest BCUT2D eigenvalue weighted by molar-refractivity contribution is 9.10. The van der Waals surface area contributed by atoms with Gasteiger partial charge in [-0.05, 0) is 68.8 Å². The topological polar surface area (TPSA) is 0 Å². The lowest BCUT2D eigenvalue weighted by atomic mass is 9.95. The summed E-state index contributed by atoms with van der Waals surface area (Å²) in [5.41, 5.74) is 10.5. The summed E-state index contributed by atoms with van der Waals surface area (Å²) in [6.45, 7) is 0. The Kier molecular flexibility index (Phi) is 4.26. The minimum atomic E-state index is 0.956. The molecule has 130 valence electrons. The molecule has 0 saturated heterocycles. The second-order valence-electron chi connectivity index (χ2n) is 6.87. The van der Waals surface area contributed by atoms with Crippen LogP contribution in [0.4, 0.5) is 0 Å². The predicted molar refractivity (Wildman–Crippen MR) is 121 cm³/mol. The van der Waals surface area contributed by atoms with Gasteiger partial charge in [-0.25, -0.2) is 0 Å². The minimum Gasteiger partial charge on any atom is -0.0622 e. The van der Waals surface area contributed by atoms with Gasteiger partial charge in [0.05, 0.1) is 0 Å². The summed E-state index contributed by atoms with van der Waals surface area (Å²) in [7, 11) is 0. The number of fused-ring (bicyclic) bond motifs is 3. The zero-order chi connectivity index (χ0) is 18.4. The average Bonchev–Trinajstić information content (AvgIpc) is 3.08. The van der Waals surface area contributed by atoms with Gasteiger partial charge < -0.3 is 0 Å². The van der Waals surface area contributed by atoms with Crippen molar-refractivity contribution in [2.75, 3.05) is 0 Å². The van der Waals surface area contributed by atoms with E-state index in [4.69, 9.17) is 0 Å². The standard InChI is InChI=1S/C25H16Br2/c26-19-13-20(17-9-5-2-6-10-17)23-15-24-21(22(23)14-19)11-18(12-25(24)27)16-7-3-1-4-8-16/h1-14H,15H2. The van der Waals surface area contributed by atoms with E-state index in [1.165, 1.54) is 49.0 Å². The third-order valence-corrected chi connectivity index (χ3v) is 6.41. The second-order valence-corrected chi connectivity index (χ2v) is 8.64. The van der Waals surface area contributed by atoms with Gasteiger partial charge in [0.2, 0.25) is 0 Å². The van der Waals surface area contributed by atoms with E-state index in [9.17, 15) is 0 Å². The monoisotopic (exact) mass is 474 g/mol. The number of halogens is 2. The average molecular weight is 476 g/mol. The third-order valence-electron chi connectivity index (χ3n) is 5.25. The third kappa shape index (κ3) is 2.97. The maximum atomic E-state index is 3.84. The van der Waals surface area contributed by atoms with Gasteiger partial charge in [-0.3, -0.25) is 0 Å². The van der Waals surface area contributed by atoms with Crippen LogP contribution in [0.25, 0.3) is 33.4 Å². The molecule has 1 aliphatic carbocycles. The molecular weight excluding hydrogens is 460 g/mol. The molecule has 5 rings (SSSR count). The van der Waals surface area contributed by atoms with Crippen LogP contribution in [0.1, 0.15) is 11.1 Å². The van der Waals surface area contributed by atoms with Crippen molar-refractivity contribution >= 4 is 31.9 Å². The van der Waals surface area contributed by atoms with E-state index in [-0.39, 0.29) is 0 Å². The molecule has 0 bridgehead atoms. The maximum absolute atomic E-state index is 3.84. The van der Waals surface area contributed by atoms with Crippen LogP contribution in [0, 0.1) is 0 Å². The van der Waals surface area contributed by atoms with Gasteiger partial charge in [0, 0.05) is 15.4 Å². The Morgan fingerprint density at radius 1 is 0.519 bits per heavy atom. The lowest BCUT2D eigenvalue weighted by Crippen LogP contribution is -1.88. The molecule has 4 aromatic carbocycles. The van der Waals surface area contributed by atoms with Crippen molar-refractivity contribution in [2.45, 2.75) is 6.42 Å². The number of hydrogen-bond acceptors (Lipinski definition) is 0. The Bertz CT molecular complexity index is 1150. The highest BCUT2D eigenvalue weighted by Crippen LogP contribution is 2.47. The summed E-state index contributed by atoms with van der Waals surface area (Å²) in [4.78, 5) is 0. The molecule has 0 heterocycles. The summed E-state index contributed by atoms with van der Waals surface area (Å²) >= 11 is 7.58. The SMILES string of the molecule is Brc1cc(-c2ccccc2)c2c(c1)-c1cc(-c3ccccc3)cc(Br)c1C2. The van der Waals surface area contributed by atoms with Crippen molar-refractivity contribution in [2.24, 2.45) is 0 Å². The molecular formula is C25H16Br2. The molecule has 27 heavy (non-hydrogen) atoms. The van der Waals surface area contributed by atoms with Crippen LogP contribution < -0.4 is 0 Å². The zero-order valence-electron chi connectivity index (χ0n) is 14.5. The van der Waals surface area contributed by atoms with Gasteiger partial charge in [0.25, 0.3) is 0 Å². The first-order valence-corrected chi connectivity index (χ1v) is 10.6. The van der Waals surface area contributed by atoms with Crippen molar-refractivity contribution in [1.29, 1.82) is 0 Å². The van der Waals surface area contributed by atoms with Crippen LogP contribution in [0.3, 0.4) is 0 Å². The Hall–Kier alpha value is -2.16. The molecule has 0 N–H and O–H groups in total. The van der Waals surface area contributed by atoms with E-state index in [0.29, 0.717) is 0 Å². The highest BCUT2D eigenvalue weighted by Gasteiger charge is 2.25. The van der Waals surface area contributed by atoms with E-state index >= 15 is 0 Å². The fraction of sp³-hybridized carbons (Fsp3) is 0.0400. The van der Waals surface area contributed by atoms with E-state index < -0.39 is 0 Å². The minimum absolute atomic E-state index is 0.956. The summed E-state index contributed by atoms with van der Waals surface area (Å²) in [6.07, 6.45) is 0.956. The molecule has 2 heteroatoms. The number of rotatable bonds is 2. The van der Waals surface area contributed by atoms with Gasteiger partial charge in [0.15, 0.2) is 0 Å². The Balaban J connectivity index is 1.73. The maximum Gasteiger partial charge on any atom is 0.0223 e. The first-order valence-electron chi connectivity index (χ1n) is 8.97. The summed E-state index contributed by atoms with van der Waals surface area (Å²) in [5, 5.41) is 0. The lowest BCUT2D eigenvalue weighted by Gasteiger charge is -2.11. The summed E-state index contributed by atoms with van der Waals surface area (Å²) in [6, 6.07) is 30.3. The predicted octanol–water partition coefficient (Wildman–Crippen LogP) is 8.12. The van der Waals surface area contributed by atoms with Crippen LogP contribution in [0.5, 0.6) is 0 Å². The Labute approximate surface area is 176 Å². The van der Waals surface area contributed by atoms with Gasteiger partial charge in [-0.1, -0.05) is 92.5 Å². The van der Waals surface area contributed by atoms with Crippen molar-refractivity contribution in [3.8, 4) is 33.4 Å². The normalized spacial score (nSPS) is 11.9. The molecule has 0 saturated carbocycles. The quantitative estimate of drug-likeness (QED) is 0.242. The van der Waals surface area contributed by atoms with Crippen LogP contribution >= 0.6 is 31.9 Å². The van der Waals surface area contributed by atoms with E-state index in [0.717, 1.165) is 10.9 Å². The van der Waals surface area contributed by atoms with Crippen LogP contribution in [-0.2, 0) is 6.42 Å². The van der Waals surface area contributed by atoms with Gasteiger partial charge in [-0.2, -0.15) is 0 Å². The van der Waals surface area contributed by atoms with E-state index in [1.807, 2.05) is 0 Å². The smallest absolute Gasteiger partial charge is 0.0223 e. The Morgan fingerprint density at radius 3 is 1.81 bits per heavy atom. The first kappa shape index (κ1) is 17.0. The highest BCUT2D eigenvalue weighted by atomic mass is 79.9. The van der Waals surface area contributed by atoms with Crippen molar-refractivity contribution < 1.29 is 0 Å². The zero-order valence-corrected chi connectivity index (χ0v) is 17.7. The number of benzene rings is 4. The Morgan fingerprint density at radius 2 is 1.11 bits per heavy atom. The fourth-order valence-corrected chi connectivity index (χ4v) is 5.03. The van der Waals surface area contributed by atoms with E-state index in [1.54, 1.807) is 0 Å². The van der Waals surface area contributed by atoms with Crippen molar-refractivity contribution in [3.05, 3.63) is 105 Å². The molecule has 0 amide bonds. The molecule has 0 spiro atoms. The molecule has 0 unspecified atom stereocenters. The number of hydrogen-bond donors (Lipinski definition) is 0. The summed E-state index contributed by atoms with van der Waals surface area (Å²) < 4.78 is 2.30. The van der Waals surface area contributed by atoms with Crippen LogP contribution in [0.2, 0.25) is 0 Å². The molecule has 0 fully saturated rings. The van der Waals surface area contributed by atoms with Crippen LogP contribution in [-0.4, -0.2) is 0 Å². The largest absolute Gasteiger partial charge is 0.0622 e. The second kappa shape index (κ2) is 6.78. The van der Waals surface area contributed by atoms with Gasteiger partial charge >= 0.3 is 0 Å². The lowest BCUT2D eigenvalue weighted by molar-refractivity contribution is 1.25. The first-order chi connectivity index (χ1) is 13.2. The van der Waals surface area contributed by atoms with Crippen molar-refractivity contribution in [1.82, 2.24) is 0 Å². The molecule has 1 aliphatic rings. The van der Waals surface area contributed by atoms with Crippen molar-refractivity contribution in [3.63, 3.8) is 0 Å². The molecule has 0 aromatic heterocycles. The van der Waals surface area contributed by atoms with E-state index in [2.05, 4.69) is 117 Å². The molecule has 4 aromatic rings. The molecule has 0 radical (unpaired) electrons. The molecule has 0 atom stereocenters. The van der Waals surface area contributed by atoms with Gasteiger partial charge in [0.1, 0.15) is 0 Å². The fourth-order valence-electron chi connectivity index (χ4n) is 3.97. The van der Waals surface area contributed by atoms with Gasteiger partial charge in [-0.15, -0.1) is 0 Å². The molecule has 0 aliphatic heterocycles. The molecule has 0 nitrogen and oxygen atoms in total.